The number of benzene rings is 2. The van der Waals surface area contributed by atoms with Gasteiger partial charge in [-0.3, -0.25) is 9.59 Å². The third-order valence-electron chi connectivity index (χ3n) is 3.89. The zero-order valence-corrected chi connectivity index (χ0v) is 14.6. The molecule has 1 aliphatic rings. The quantitative estimate of drug-likeness (QED) is 0.825. The standard InChI is InChI=1S/C18H14Cl2N2O2/c1-10-3-8-14(9-11(10)2)22-17(23)15(20)16(18(22)24)21-13-6-4-12(19)5-7-13/h3-9,21H,1-2H3. The van der Waals surface area contributed by atoms with Gasteiger partial charge in [0.1, 0.15) is 10.7 Å². The Hall–Kier alpha value is -2.30. The Bertz CT molecular complexity index is 873. The minimum absolute atomic E-state index is 0.0576. The monoisotopic (exact) mass is 360 g/mol. The van der Waals surface area contributed by atoms with Crippen molar-refractivity contribution in [2.24, 2.45) is 0 Å². The fourth-order valence-electron chi connectivity index (χ4n) is 2.39. The zero-order chi connectivity index (χ0) is 17.4. The van der Waals surface area contributed by atoms with Crippen molar-refractivity contribution >= 4 is 46.4 Å². The second kappa shape index (κ2) is 6.30. The lowest BCUT2D eigenvalue weighted by Gasteiger charge is -2.16. The van der Waals surface area contributed by atoms with Crippen LogP contribution in [0.15, 0.2) is 53.2 Å². The molecule has 0 atom stereocenters. The van der Waals surface area contributed by atoms with Crippen LogP contribution in [0.3, 0.4) is 0 Å². The molecular weight excluding hydrogens is 347 g/mol. The van der Waals surface area contributed by atoms with Gasteiger partial charge in [0, 0.05) is 10.7 Å². The first-order valence-electron chi connectivity index (χ1n) is 7.27. The Morgan fingerprint density at radius 1 is 0.875 bits per heavy atom. The van der Waals surface area contributed by atoms with Gasteiger partial charge in [0.05, 0.1) is 5.69 Å². The highest BCUT2D eigenvalue weighted by Crippen LogP contribution is 2.31. The number of hydrogen-bond donors (Lipinski definition) is 1. The molecule has 1 N–H and O–H groups in total. The highest BCUT2D eigenvalue weighted by molar-refractivity contribution is 6.53. The topological polar surface area (TPSA) is 49.4 Å². The van der Waals surface area contributed by atoms with Gasteiger partial charge in [0.25, 0.3) is 11.8 Å². The molecular formula is C18H14Cl2N2O2. The molecule has 0 aliphatic carbocycles. The van der Waals surface area contributed by atoms with Gasteiger partial charge >= 0.3 is 0 Å². The van der Waals surface area contributed by atoms with Crippen LogP contribution in [-0.2, 0) is 9.59 Å². The number of carbonyl (C=O) groups is 2. The van der Waals surface area contributed by atoms with Crippen molar-refractivity contribution in [2.45, 2.75) is 13.8 Å². The van der Waals surface area contributed by atoms with E-state index in [1.54, 1.807) is 36.4 Å². The van der Waals surface area contributed by atoms with Crippen molar-refractivity contribution in [3.8, 4) is 0 Å². The van der Waals surface area contributed by atoms with Crippen LogP contribution in [-0.4, -0.2) is 11.8 Å². The number of amides is 2. The first-order valence-corrected chi connectivity index (χ1v) is 8.02. The van der Waals surface area contributed by atoms with E-state index in [2.05, 4.69) is 5.32 Å². The summed E-state index contributed by atoms with van der Waals surface area (Å²) in [6.45, 7) is 3.89. The first kappa shape index (κ1) is 16.6. The van der Waals surface area contributed by atoms with Crippen LogP contribution < -0.4 is 10.2 Å². The van der Waals surface area contributed by atoms with E-state index in [9.17, 15) is 9.59 Å². The highest BCUT2D eigenvalue weighted by atomic mass is 35.5. The number of anilines is 2. The van der Waals surface area contributed by atoms with Crippen LogP contribution in [0.4, 0.5) is 11.4 Å². The van der Waals surface area contributed by atoms with E-state index >= 15 is 0 Å². The van der Waals surface area contributed by atoms with E-state index in [0.717, 1.165) is 16.0 Å². The summed E-state index contributed by atoms with van der Waals surface area (Å²) in [7, 11) is 0. The summed E-state index contributed by atoms with van der Waals surface area (Å²) in [4.78, 5) is 26.2. The Labute approximate surface area is 149 Å². The molecule has 2 aromatic rings. The lowest BCUT2D eigenvalue weighted by molar-refractivity contribution is -0.120. The molecule has 0 bridgehead atoms. The summed E-state index contributed by atoms with van der Waals surface area (Å²) >= 11 is 11.9. The molecule has 1 aliphatic heterocycles. The van der Waals surface area contributed by atoms with E-state index in [1.165, 1.54) is 0 Å². The van der Waals surface area contributed by atoms with Crippen LogP contribution in [0.2, 0.25) is 5.02 Å². The number of aryl methyl sites for hydroxylation is 2. The van der Waals surface area contributed by atoms with E-state index in [1.807, 2.05) is 19.9 Å². The number of imide groups is 1. The number of nitrogens with one attached hydrogen (secondary N) is 1. The van der Waals surface area contributed by atoms with Gasteiger partial charge in [-0.1, -0.05) is 29.3 Å². The molecule has 2 aromatic carbocycles. The first-order chi connectivity index (χ1) is 11.4. The van der Waals surface area contributed by atoms with E-state index in [0.29, 0.717) is 16.4 Å². The van der Waals surface area contributed by atoms with Crippen molar-refractivity contribution < 1.29 is 9.59 Å². The minimum atomic E-state index is -0.540. The number of hydrogen-bond acceptors (Lipinski definition) is 3. The average molecular weight is 361 g/mol. The third kappa shape index (κ3) is 2.90. The Morgan fingerprint density at radius 2 is 1.54 bits per heavy atom. The molecule has 0 spiro atoms. The molecule has 2 amide bonds. The number of carbonyl (C=O) groups excluding carboxylic acids is 2. The molecule has 1 heterocycles. The van der Waals surface area contributed by atoms with Crippen molar-refractivity contribution in [1.82, 2.24) is 0 Å². The summed E-state index contributed by atoms with van der Waals surface area (Å²) in [5, 5.41) is 3.34. The fourth-order valence-corrected chi connectivity index (χ4v) is 2.73. The van der Waals surface area contributed by atoms with E-state index < -0.39 is 11.8 Å². The maximum atomic E-state index is 12.7. The molecule has 0 unspecified atom stereocenters. The third-order valence-corrected chi connectivity index (χ3v) is 4.49. The summed E-state index contributed by atoms with van der Waals surface area (Å²) in [6.07, 6.45) is 0. The predicted octanol–water partition coefficient (Wildman–Crippen LogP) is 4.39. The average Bonchev–Trinajstić information content (AvgIpc) is 2.76. The molecule has 0 fully saturated rings. The van der Waals surface area contributed by atoms with Crippen LogP contribution in [0.25, 0.3) is 0 Å². The van der Waals surface area contributed by atoms with Gasteiger partial charge in [-0.25, -0.2) is 4.90 Å². The van der Waals surface area contributed by atoms with Crippen molar-refractivity contribution in [1.29, 1.82) is 0 Å². The van der Waals surface area contributed by atoms with Gasteiger partial charge in [0.2, 0.25) is 0 Å². The second-order valence-electron chi connectivity index (χ2n) is 5.54. The number of nitrogens with zero attached hydrogens (tertiary/aromatic N) is 1. The molecule has 0 saturated heterocycles. The highest BCUT2D eigenvalue weighted by Gasteiger charge is 2.39. The molecule has 0 saturated carbocycles. The van der Waals surface area contributed by atoms with Crippen LogP contribution in [0, 0.1) is 13.8 Å². The van der Waals surface area contributed by atoms with Crippen molar-refractivity contribution in [2.75, 3.05) is 10.2 Å². The van der Waals surface area contributed by atoms with Crippen LogP contribution in [0.5, 0.6) is 0 Å². The van der Waals surface area contributed by atoms with Crippen molar-refractivity contribution in [3.05, 3.63) is 69.3 Å². The predicted molar refractivity (Wildman–Crippen MR) is 96.4 cm³/mol. The minimum Gasteiger partial charge on any atom is -0.350 e. The van der Waals surface area contributed by atoms with Gasteiger partial charge in [-0.05, 0) is 61.4 Å². The smallest absolute Gasteiger partial charge is 0.283 e. The van der Waals surface area contributed by atoms with Crippen molar-refractivity contribution in [3.63, 3.8) is 0 Å². The molecule has 0 radical (unpaired) electrons. The Kier molecular flexibility index (Phi) is 4.35. The molecule has 3 rings (SSSR count). The fraction of sp³-hybridized carbons (Fsp3) is 0.111. The summed E-state index contributed by atoms with van der Waals surface area (Å²) < 4.78 is 0. The van der Waals surface area contributed by atoms with E-state index in [4.69, 9.17) is 23.2 Å². The SMILES string of the molecule is Cc1ccc(N2C(=O)C(Cl)=C(Nc3ccc(Cl)cc3)C2=O)cc1C. The summed E-state index contributed by atoms with van der Waals surface area (Å²) in [5.74, 6) is -1.02. The normalized spacial score (nSPS) is 14.6. The summed E-state index contributed by atoms with van der Waals surface area (Å²) in [5.41, 5.74) is 3.25. The van der Waals surface area contributed by atoms with Gasteiger partial charge < -0.3 is 5.32 Å². The molecule has 122 valence electrons. The maximum Gasteiger partial charge on any atom is 0.283 e. The number of halogens is 2. The van der Waals surface area contributed by atoms with Crippen LogP contribution >= 0.6 is 23.2 Å². The maximum absolute atomic E-state index is 12.7. The van der Waals surface area contributed by atoms with Gasteiger partial charge in [-0.15, -0.1) is 0 Å². The Balaban J connectivity index is 1.92. The molecule has 24 heavy (non-hydrogen) atoms. The largest absolute Gasteiger partial charge is 0.350 e. The molecule has 6 heteroatoms. The van der Waals surface area contributed by atoms with E-state index in [-0.39, 0.29) is 10.7 Å². The van der Waals surface area contributed by atoms with Gasteiger partial charge in [0.15, 0.2) is 0 Å². The molecule has 4 nitrogen and oxygen atoms in total. The number of rotatable bonds is 3. The zero-order valence-electron chi connectivity index (χ0n) is 13.1. The lowest BCUT2D eigenvalue weighted by atomic mass is 10.1. The molecule has 0 aromatic heterocycles. The Morgan fingerprint density at radius 3 is 2.17 bits per heavy atom. The van der Waals surface area contributed by atoms with Gasteiger partial charge in [-0.2, -0.15) is 0 Å². The lowest BCUT2D eigenvalue weighted by Crippen LogP contribution is -2.32. The summed E-state index contributed by atoms with van der Waals surface area (Å²) in [6, 6.07) is 12.2. The second-order valence-corrected chi connectivity index (χ2v) is 6.35. The van der Waals surface area contributed by atoms with Crippen LogP contribution in [0.1, 0.15) is 11.1 Å².